The van der Waals surface area contributed by atoms with E-state index in [2.05, 4.69) is 25.1 Å². The average molecular weight is 227 g/mol. The number of H-pyrrole nitrogens is 1. The summed E-state index contributed by atoms with van der Waals surface area (Å²) in [5, 5.41) is 7.67. The molecule has 0 aliphatic heterocycles. The second-order valence-electron chi connectivity index (χ2n) is 3.50. The number of aromatic nitrogens is 5. The number of pyridine rings is 1. The van der Waals surface area contributed by atoms with Gasteiger partial charge < -0.3 is 11.5 Å². The van der Waals surface area contributed by atoms with Crippen LogP contribution in [0.2, 0.25) is 0 Å². The third-order valence-corrected chi connectivity index (χ3v) is 2.42. The molecule has 7 heteroatoms. The van der Waals surface area contributed by atoms with Gasteiger partial charge in [-0.3, -0.25) is 5.10 Å². The van der Waals surface area contributed by atoms with Gasteiger partial charge >= 0.3 is 0 Å². The van der Waals surface area contributed by atoms with Crippen LogP contribution in [0.4, 0.5) is 11.6 Å². The third kappa shape index (κ3) is 1.44. The van der Waals surface area contributed by atoms with Crippen molar-refractivity contribution in [3.8, 4) is 11.4 Å². The fraction of sp³-hybridized carbons (Fsp3) is 0. The molecule has 3 heterocycles. The van der Waals surface area contributed by atoms with Gasteiger partial charge in [0.15, 0.2) is 5.65 Å². The average Bonchev–Trinajstić information content (AvgIpc) is 2.74. The molecule has 0 fully saturated rings. The van der Waals surface area contributed by atoms with Crippen LogP contribution >= 0.6 is 0 Å². The van der Waals surface area contributed by atoms with Crippen LogP contribution in [0.25, 0.3) is 22.4 Å². The van der Waals surface area contributed by atoms with Crippen molar-refractivity contribution in [2.75, 3.05) is 11.5 Å². The van der Waals surface area contributed by atoms with Crippen molar-refractivity contribution in [3.05, 3.63) is 24.5 Å². The van der Waals surface area contributed by atoms with E-state index in [1.807, 2.05) is 0 Å². The molecule has 0 aliphatic rings. The van der Waals surface area contributed by atoms with Gasteiger partial charge in [0.25, 0.3) is 0 Å². The number of anilines is 2. The normalized spacial score (nSPS) is 10.8. The van der Waals surface area contributed by atoms with Crippen LogP contribution in [0.15, 0.2) is 24.5 Å². The molecule has 0 aromatic carbocycles. The van der Waals surface area contributed by atoms with Crippen molar-refractivity contribution < 1.29 is 0 Å². The summed E-state index contributed by atoms with van der Waals surface area (Å²) in [4.78, 5) is 12.1. The van der Waals surface area contributed by atoms with E-state index >= 15 is 0 Å². The van der Waals surface area contributed by atoms with E-state index in [0.29, 0.717) is 22.7 Å². The van der Waals surface area contributed by atoms with Gasteiger partial charge in [0.05, 0.1) is 16.8 Å². The second-order valence-corrected chi connectivity index (χ2v) is 3.50. The Hall–Kier alpha value is -2.70. The number of rotatable bonds is 1. The molecule has 7 nitrogen and oxygen atoms in total. The highest BCUT2D eigenvalue weighted by molar-refractivity contribution is 5.98. The van der Waals surface area contributed by atoms with E-state index < -0.39 is 0 Å². The smallest absolute Gasteiger partial charge is 0.220 e. The first-order chi connectivity index (χ1) is 8.25. The highest BCUT2D eigenvalue weighted by Crippen LogP contribution is 2.27. The van der Waals surface area contributed by atoms with Crippen LogP contribution in [-0.4, -0.2) is 25.1 Å². The van der Waals surface area contributed by atoms with E-state index in [-0.39, 0.29) is 5.95 Å². The van der Waals surface area contributed by atoms with Crippen LogP contribution in [0, 0.1) is 0 Å². The fourth-order valence-corrected chi connectivity index (χ4v) is 1.67. The fourth-order valence-electron chi connectivity index (χ4n) is 1.67. The number of fused-ring (bicyclic) bond motifs is 1. The van der Waals surface area contributed by atoms with Gasteiger partial charge in [-0.15, -0.1) is 0 Å². The standard InChI is InChI=1S/C10H9N7/c11-5-1-3-13-9-7(5)8(16-17-9)6-2-4-14-10(12)15-6/h1-4H,(H2,12,14,15)(H3,11,13,16,17). The topological polar surface area (TPSA) is 119 Å². The lowest BCUT2D eigenvalue weighted by Gasteiger charge is -2.00. The van der Waals surface area contributed by atoms with Crippen molar-refractivity contribution in [3.63, 3.8) is 0 Å². The predicted octanol–water partition coefficient (Wildman–Crippen LogP) is 0.579. The number of hydrogen-bond donors (Lipinski definition) is 3. The first kappa shape index (κ1) is 9.52. The third-order valence-electron chi connectivity index (χ3n) is 2.42. The maximum absolute atomic E-state index is 5.90. The molecule has 17 heavy (non-hydrogen) atoms. The molecule has 0 aliphatic carbocycles. The van der Waals surface area contributed by atoms with Gasteiger partial charge in [-0.25, -0.2) is 15.0 Å². The summed E-state index contributed by atoms with van der Waals surface area (Å²) in [6.07, 6.45) is 3.19. The molecule has 0 saturated heterocycles. The SMILES string of the molecule is Nc1nccc(-c2[nH]nc3nccc(N)c23)n1. The minimum Gasteiger partial charge on any atom is -0.398 e. The molecule has 0 bridgehead atoms. The Labute approximate surface area is 95.9 Å². The lowest BCUT2D eigenvalue weighted by molar-refractivity contribution is 1.09. The Bertz CT molecular complexity index is 688. The number of nitrogens with zero attached hydrogens (tertiary/aromatic N) is 4. The lowest BCUT2D eigenvalue weighted by Crippen LogP contribution is -1.96. The zero-order valence-corrected chi connectivity index (χ0v) is 8.75. The van der Waals surface area contributed by atoms with Crippen LogP contribution in [0.3, 0.4) is 0 Å². The van der Waals surface area contributed by atoms with Crippen LogP contribution in [0.5, 0.6) is 0 Å². The van der Waals surface area contributed by atoms with Gasteiger partial charge in [-0.05, 0) is 12.1 Å². The molecule has 0 spiro atoms. The first-order valence-corrected chi connectivity index (χ1v) is 4.93. The van der Waals surface area contributed by atoms with Crippen molar-refractivity contribution in [2.24, 2.45) is 0 Å². The van der Waals surface area contributed by atoms with Gasteiger partial charge in [0, 0.05) is 18.1 Å². The predicted molar refractivity (Wildman–Crippen MR) is 63.7 cm³/mol. The molecular weight excluding hydrogens is 218 g/mol. The highest BCUT2D eigenvalue weighted by Gasteiger charge is 2.12. The summed E-state index contributed by atoms with van der Waals surface area (Å²) >= 11 is 0. The van der Waals surface area contributed by atoms with E-state index in [9.17, 15) is 0 Å². The Morgan fingerprint density at radius 3 is 2.71 bits per heavy atom. The molecule has 5 N–H and O–H groups in total. The van der Waals surface area contributed by atoms with Gasteiger partial charge in [0.2, 0.25) is 5.95 Å². The number of aromatic amines is 1. The van der Waals surface area contributed by atoms with E-state index in [4.69, 9.17) is 11.5 Å². The monoisotopic (exact) mass is 227 g/mol. The van der Waals surface area contributed by atoms with E-state index in [1.54, 1.807) is 24.5 Å². The van der Waals surface area contributed by atoms with Gasteiger partial charge in [-0.2, -0.15) is 5.10 Å². The molecule has 3 rings (SSSR count). The highest BCUT2D eigenvalue weighted by atomic mass is 15.2. The van der Waals surface area contributed by atoms with Crippen molar-refractivity contribution >= 4 is 22.7 Å². The maximum atomic E-state index is 5.90. The van der Waals surface area contributed by atoms with Gasteiger partial charge in [-0.1, -0.05) is 0 Å². The molecule has 3 aromatic rings. The molecule has 0 radical (unpaired) electrons. The lowest BCUT2D eigenvalue weighted by atomic mass is 10.2. The Morgan fingerprint density at radius 2 is 1.88 bits per heavy atom. The Kier molecular flexibility index (Phi) is 1.91. The Balaban J connectivity index is 2.31. The minimum absolute atomic E-state index is 0.202. The molecule has 3 aromatic heterocycles. The quantitative estimate of drug-likeness (QED) is 0.559. The molecule has 0 atom stereocenters. The largest absolute Gasteiger partial charge is 0.398 e. The summed E-state index contributed by atoms with van der Waals surface area (Å²) < 4.78 is 0. The second kappa shape index (κ2) is 3.41. The number of nitrogens with two attached hydrogens (primary N) is 2. The summed E-state index contributed by atoms with van der Waals surface area (Å²) in [5.41, 5.74) is 13.9. The van der Waals surface area contributed by atoms with Crippen LogP contribution < -0.4 is 11.5 Å². The van der Waals surface area contributed by atoms with Crippen molar-refractivity contribution in [1.29, 1.82) is 0 Å². The first-order valence-electron chi connectivity index (χ1n) is 4.93. The Morgan fingerprint density at radius 1 is 1.06 bits per heavy atom. The van der Waals surface area contributed by atoms with Crippen molar-refractivity contribution in [1.82, 2.24) is 25.1 Å². The van der Waals surface area contributed by atoms with E-state index in [1.165, 1.54) is 0 Å². The van der Waals surface area contributed by atoms with Crippen LogP contribution in [-0.2, 0) is 0 Å². The number of nitrogen functional groups attached to an aromatic ring is 2. The molecule has 84 valence electrons. The number of hydrogen-bond acceptors (Lipinski definition) is 6. The molecule has 0 unspecified atom stereocenters. The van der Waals surface area contributed by atoms with Crippen LogP contribution in [0.1, 0.15) is 0 Å². The number of nitrogens with one attached hydrogen (secondary N) is 1. The van der Waals surface area contributed by atoms with E-state index in [0.717, 1.165) is 5.39 Å². The zero-order chi connectivity index (χ0) is 11.8. The summed E-state index contributed by atoms with van der Waals surface area (Å²) in [6, 6.07) is 3.45. The summed E-state index contributed by atoms with van der Waals surface area (Å²) in [6.45, 7) is 0. The minimum atomic E-state index is 0.202. The molecule has 0 amide bonds. The van der Waals surface area contributed by atoms with Crippen molar-refractivity contribution in [2.45, 2.75) is 0 Å². The maximum Gasteiger partial charge on any atom is 0.220 e. The zero-order valence-electron chi connectivity index (χ0n) is 8.75. The molecular formula is C10H9N7. The van der Waals surface area contributed by atoms with Gasteiger partial charge in [0.1, 0.15) is 0 Å². The summed E-state index contributed by atoms with van der Waals surface area (Å²) in [5.74, 6) is 0.202. The summed E-state index contributed by atoms with van der Waals surface area (Å²) in [7, 11) is 0. The molecule has 0 saturated carbocycles.